The number of hydrogen-bond acceptors (Lipinski definition) is 4. The van der Waals surface area contributed by atoms with Crippen molar-refractivity contribution in [2.24, 2.45) is 0 Å². The van der Waals surface area contributed by atoms with Gasteiger partial charge in [-0.15, -0.1) is 0 Å². The lowest BCUT2D eigenvalue weighted by atomic mass is 10.1. The summed E-state index contributed by atoms with van der Waals surface area (Å²) in [6, 6.07) is 4.21. The van der Waals surface area contributed by atoms with Gasteiger partial charge in [0, 0.05) is 6.20 Å². The zero-order valence-electron chi connectivity index (χ0n) is 12.8. The first-order valence-electron chi connectivity index (χ1n) is 6.69. The van der Waals surface area contributed by atoms with Crippen LogP contribution in [-0.2, 0) is 10.3 Å². The van der Waals surface area contributed by atoms with Crippen molar-refractivity contribution >= 4 is 17.6 Å². The van der Waals surface area contributed by atoms with Crippen LogP contribution in [-0.4, -0.2) is 33.9 Å². The van der Waals surface area contributed by atoms with Crippen LogP contribution in [0.3, 0.4) is 0 Å². The van der Waals surface area contributed by atoms with E-state index in [1.54, 1.807) is 0 Å². The largest absolute Gasteiger partial charge is 0.494 e. The number of benzene rings is 1. The molecule has 0 saturated carbocycles. The third kappa shape index (κ3) is 3.15. The lowest BCUT2D eigenvalue weighted by molar-refractivity contribution is -0.146. The summed E-state index contributed by atoms with van der Waals surface area (Å²) in [7, 11) is 1.30. The Balaban J connectivity index is 2.22. The summed E-state index contributed by atoms with van der Waals surface area (Å²) in [5, 5.41) is 15.5. The summed E-state index contributed by atoms with van der Waals surface area (Å²) in [5.41, 5.74) is -1.20. The Morgan fingerprint density at radius 2 is 2.09 bits per heavy atom. The van der Waals surface area contributed by atoms with Crippen LogP contribution in [0.2, 0.25) is 0 Å². The molecular weight excluding hydrogens is 305 g/mol. The molecule has 1 aromatic carbocycles. The van der Waals surface area contributed by atoms with Gasteiger partial charge in [0.15, 0.2) is 17.1 Å². The molecule has 2 N–H and O–H groups in total. The first-order valence-corrected chi connectivity index (χ1v) is 6.69. The number of carboxylic acid groups (broad SMARTS) is 1. The van der Waals surface area contributed by atoms with Crippen molar-refractivity contribution in [1.82, 2.24) is 9.78 Å². The number of rotatable bonds is 5. The van der Waals surface area contributed by atoms with Gasteiger partial charge in [-0.3, -0.25) is 9.48 Å². The van der Waals surface area contributed by atoms with Crippen molar-refractivity contribution in [3.63, 3.8) is 0 Å². The molecule has 1 aromatic heterocycles. The molecule has 1 heterocycles. The fourth-order valence-corrected chi connectivity index (χ4v) is 1.83. The highest BCUT2D eigenvalue weighted by atomic mass is 19.1. The molecule has 0 radical (unpaired) electrons. The minimum atomic E-state index is -1.27. The van der Waals surface area contributed by atoms with Crippen molar-refractivity contribution in [3.8, 4) is 5.75 Å². The molecule has 0 aliphatic carbocycles. The number of halogens is 1. The molecule has 0 atom stereocenters. The van der Waals surface area contributed by atoms with Gasteiger partial charge in [-0.2, -0.15) is 5.10 Å². The number of aliphatic carboxylic acids is 1. The molecule has 7 nitrogen and oxygen atoms in total. The van der Waals surface area contributed by atoms with E-state index in [2.05, 4.69) is 10.4 Å². The number of ether oxygens (including phenoxy) is 1. The number of anilines is 1. The van der Waals surface area contributed by atoms with Gasteiger partial charge in [-0.25, -0.2) is 9.18 Å². The molecule has 0 aliphatic heterocycles. The van der Waals surface area contributed by atoms with Gasteiger partial charge >= 0.3 is 5.97 Å². The normalized spacial score (nSPS) is 11.1. The molecule has 122 valence electrons. The average Bonchev–Trinajstić information content (AvgIpc) is 2.96. The highest BCUT2D eigenvalue weighted by molar-refractivity contribution is 6.04. The van der Waals surface area contributed by atoms with Crippen LogP contribution < -0.4 is 10.1 Å². The molecule has 2 rings (SSSR count). The van der Waals surface area contributed by atoms with Crippen LogP contribution in [0.15, 0.2) is 30.6 Å². The smallest absolute Gasteiger partial charge is 0.331 e. The molecule has 1 amide bonds. The number of amides is 1. The Morgan fingerprint density at radius 1 is 1.39 bits per heavy atom. The fraction of sp³-hybridized carbons (Fsp3) is 0.267. The summed E-state index contributed by atoms with van der Waals surface area (Å²) < 4.78 is 20.1. The molecule has 23 heavy (non-hydrogen) atoms. The highest BCUT2D eigenvalue weighted by Gasteiger charge is 2.30. The van der Waals surface area contributed by atoms with Gasteiger partial charge in [0.1, 0.15) is 0 Å². The molecule has 0 saturated heterocycles. The number of carboxylic acids is 1. The SMILES string of the molecule is COc1cccc(C(=O)Nc2cnn(C(C)(C)C(=O)O)c2)c1F. The van der Waals surface area contributed by atoms with E-state index in [0.29, 0.717) is 0 Å². The van der Waals surface area contributed by atoms with E-state index < -0.39 is 23.2 Å². The standard InChI is InChI=1S/C15H16FN3O4/c1-15(2,14(21)22)19-8-9(7-17-19)18-13(20)10-5-4-6-11(23-3)12(10)16/h4-8H,1-3H3,(H,18,20)(H,21,22). The maximum Gasteiger partial charge on any atom is 0.331 e. The first-order chi connectivity index (χ1) is 10.8. The van der Waals surface area contributed by atoms with Gasteiger partial charge in [0.05, 0.1) is 24.6 Å². The molecule has 0 fully saturated rings. The summed E-state index contributed by atoms with van der Waals surface area (Å²) in [4.78, 5) is 23.3. The quantitative estimate of drug-likeness (QED) is 0.879. The monoisotopic (exact) mass is 321 g/mol. The topological polar surface area (TPSA) is 93.5 Å². The summed E-state index contributed by atoms with van der Waals surface area (Å²) in [6.07, 6.45) is 2.66. The molecule has 0 bridgehead atoms. The number of aromatic nitrogens is 2. The van der Waals surface area contributed by atoms with Gasteiger partial charge in [0.25, 0.3) is 5.91 Å². The van der Waals surface area contributed by atoms with E-state index in [9.17, 15) is 14.0 Å². The van der Waals surface area contributed by atoms with Crippen LogP contribution in [0.25, 0.3) is 0 Å². The van der Waals surface area contributed by atoms with Crippen LogP contribution >= 0.6 is 0 Å². The van der Waals surface area contributed by atoms with E-state index in [0.717, 1.165) is 0 Å². The number of hydrogen-bond donors (Lipinski definition) is 2. The Kier molecular flexibility index (Phi) is 4.35. The summed E-state index contributed by atoms with van der Waals surface area (Å²) >= 11 is 0. The summed E-state index contributed by atoms with van der Waals surface area (Å²) in [5.74, 6) is -2.57. The zero-order chi connectivity index (χ0) is 17.2. The third-order valence-corrected chi connectivity index (χ3v) is 3.36. The molecule has 2 aromatic rings. The number of carbonyl (C=O) groups is 2. The van der Waals surface area contributed by atoms with E-state index in [1.807, 2.05) is 0 Å². The first kappa shape index (κ1) is 16.5. The fourth-order valence-electron chi connectivity index (χ4n) is 1.83. The summed E-state index contributed by atoms with van der Waals surface area (Å²) in [6.45, 7) is 2.94. The maximum absolute atomic E-state index is 14.0. The van der Waals surface area contributed by atoms with Crippen LogP contribution in [0.4, 0.5) is 10.1 Å². The lowest BCUT2D eigenvalue weighted by Gasteiger charge is -2.19. The van der Waals surface area contributed by atoms with Crippen molar-refractivity contribution in [2.75, 3.05) is 12.4 Å². The Hall–Kier alpha value is -2.90. The highest BCUT2D eigenvalue weighted by Crippen LogP contribution is 2.22. The maximum atomic E-state index is 14.0. The van der Waals surface area contributed by atoms with Crippen molar-refractivity contribution in [1.29, 1.82) is 0 Å². The zero-order valence-corrected chi connectivity index (χ0v) is 12.8. The Bertz CT molecular complexity index is 755. The van der Waals surface area contributed by atoms with E-state index in [-0.39, 0.29) is 17.0 Å². The number of nitrogens with zero attached hydrogens (tertiary/aromatic N) is 2. The molecule has 8 heteroatoms. The van der Waals surface area contributed by atoms with E-state index >= 15 is 0 Å². The van der Waals surface area contributed by atoms with E-state index in [4.69, 9.17) is 9.84 Å². The average molecular weight is 321 g/mol. The van der Waals surface area contributed by atoms with Crippen molar-refractivity contribution < 1.29 is 23.8 Å². The van der Waals surface area contributed by atoms with Gasteiger partial charge in [-0.05, 0) is 26.0 Å². The van der Waals surface area contributed by atoms with Gasteiger partial charge < -0.3 is 15.2 Å². The number of nitrogens with one attached hydrogen (secondary N) is 1. The number of carbonyl (C=O) groups excluding carboxylic acids is 1. The predicted molar refractivity (Wildman–Crippen MR) is 80.1 cm³/mol. The molecule has 0 unspecified atom stereocenters. The minimum absolute atomic E-state index is 0.0413. The molecule has 0 aliphatic rings. The van der Waals surface area contributed by atoms with Gasteiger partial charge in [-0.1, -0.05) is 6.07 Å². The predicted octanol–water partition coefficient (Wildman–Crippen LogP) is 2.10. The van der Waals surface area contributed by atoms with E-state index in [1.165, 1.54) is 56.2 Å². The van der Waals surface area contributed by atoms with Crippen LogP contribution in [0.5, 0.6) is 5.75 Å². The second kappa shape index (κ2) is 6.07. The van der Waals surface area contributed by atoms with Crippen LogP contribution in [0.1, 0.15) is 24.2 Å². The Morgan fingerprint density at radius 3 is 2.70 bits per heavy atom. The minimum Gasteiger partial charge on any atom is -0.494 e. The van der Waals surface area contributed by atoms with Crippen molar-refractivity contribution in [2.45, 2.75) is 19.4 Å². The lowest BCUT2D eigenvalue weighted by Crippen LogP contribution is -2.35. The second-order valence-corrected chi connectivity index (χ2v) is 5.31. The van der Waals surface area contributed by atoms with Crippen molar-refractivity contribution in [3.05, 3.63) is 42.0 Å². The third-order valence-electron chi connectivity index (χ3n) is 3.36. The number of methoxy groups -OCH3 is 1. The second-order valence-electron chi connectivity index (χ2n) is 5.31. The Labute approximate surface area is 131 Å². The van der Waals surface area contributed by atoms with Crippen LogP contribution in [0, 0.1) is 5.82 Å². The molecular formula is C15H16FN3O4. The van der Waals surface area contributed by atoms with Gasteiger partial charge in [0.2, 0.25) is 0 Å². The molecule has 0 spiro atoms.